The number of hydrogen-bond acceptors (Lipinski definition) is 4. The van der Waals surface area contributed by atoms with Gasteiger partial charge in [-0.2, -0.15) is 0 Å². The van der Waals surface area contributed by atoms with Crippen LogP contribution in [0.1, 0.15) is 51.8 Å². The maximum atomic E-state index is 12.7. The molecule has 0 unspecified atom stereocenters. The number of rotatable bonds is 7. The van der Waals surface area contributed by atoms with Gasteiger partial charge in [-0.15, -0.1) is 0 Å². The monoisotopic (exact) mass is 391 g/mol. The number of amides is 1. The van der Waals surface area contributed by atoms with Crippen LogP contribution in [0.3, 0.4) is 0 Å². The maximum absolute atomic E-state index is 12.7. The molecule has 29 heavy (non-hydrogen) atoms. The SMILES string of the molecule is CCCCOC(=O)c1ccc(NC(=O)c2cc(-c3ccc(C)cc3)oc2C)cc1. The highest BCUT2D eigenvalue weighted by atomic mass is 16.5. The third-order valence-electron chi connectivity index (χ3n) is 4.61. The standard InChI is InChI=1S/C24H25NO4/c1-4-5-14-28-24(27)19-10-12-20(13-11-19)25-23(26)21-15-22(29-17(21)3)18-8-6-16(2)7-9-18/h6-13,15H,4-5,14H2,1-3H3,(H,25,26). The van der Waals surface area contributed by atoms with Gasteiger partial charge in [-0.1, -0.05) is 43.2 Å². The Hall–Kier alpha value is -3.34. The van der Waals surface area contributed by atoms with Gasteiger partial charge < -0.3 is 14.5 Å². The van der Waals surface area contributed by atoms with Gasteiger partial charge >= 0.3 is 5.97 Å². The highest BCUT2D eigenvalue weighted by Crippen LogP contribution is 2.26. The van der Waals surface area contributed by atoms with E-state index in [0.717, 1.165) is 24.0 Å². The smallest absolute Gasteiger partial charge is 0.338 e. The first-order chi connectivity index (χ1) is 14.0. The van der Waals surface area contributed by atoms with Crippen molar-refractivity contribution in [2.24, 2.45) is 0 Å². The second-order valence-corrected chi connectivity index (χ2v) is 6.97. The number of nitrogens with one attached hydrogen (secondary N) is 1. The van der Waals surface area contributed by atoms with Gasteiger partial charge in [0.15, 0.2) is 0 Å². The molecule has 0 aliphatic heterocycles. The predicted octanol–water partition coefficient (Wildman–Crippen LogP) is 5.77. The van der Waals surface area contributed by atoms with E-state index >= 15 is 0 Å². The number of furan rings is 1. The molecule has 0 atom stereocenters. The summed E-state index contributed by atoms with van der Waals surface area (Å²) in [4.78, 5) is 24.6. The Kier molecular flexibility index (Phi) is 6.50. The first-order valence-corrected chi connectivity index (χ1v) is 9.74. The number of ether oxygens (including phenoxy) is 1. The Morgan fingerprint density at radius 1 is 1.00 bits per heavy atom. The molecule has 1 heterocycles. The summed E-state index contributed by atoms with van der Waals surface area (Å²) in [5.74, 6) is 0.583. The van der Waals surface area contributed by atoms with Crippen LogP contribution in [0.2, 0.25) is 0 Å². The molecule has 0 spiro atoms. The molecule has 5 heteroatoms. The van der Waals surface area contributed by atoms with Crippen molar-refractivity contribution in [3.63, 3.8) is 0 Å². The third kappa shape index (κ3) is 5.13. The lowest BCUT2D eigenvalue weighted by atomic mass is 10.1. The number of hydrogen-bond donors (Lipinski definition) is 1. The van der Waals surface area contributed by atoms with Crippen LogP contribution in [0, 0.1) is 13.8 Å². The van der Waals surface area contributed by atoms with Crippen molar-refractivity contribution in [1.82, 2.24) is 0 Å². The summed E-state index contributed by atoms with van der Waals surface area (Å²) in [7, 11) is 0. The summed E-state index contributed by atoms with van der Waals surface area (Å²) in [6.07, 6.45) is 1.81. The number of carbonyl (C=O) groups excluding carboxylic acids is 2. The van der Waals surface area contributed by atoms with Crippen LogP contribution in [0.25, 0.3) is 11.3 Å². The summed E-state index contributed by atoms with van der Waals surface area (Å²) in [5.41, 5.74) is 3.61. The largest absolute Gasteiger partial charge is 0.462 e. The van der Waals surface area contributed by atoms with Crippen molar-refractivity contribution in [2.75, 3.05) is 11.9 Å². The van der Waals surface area contributed by atoms with Gasteiger partial charge in [-0.25, -0.2) is 4.79 Å². The number of carbonyl (C=O) groups is 2. The van der Waals surface area contributed by atoms with Crippen molar-refractivity contribution in [2.45, 2.75) is 33.6 Å². The normalized spacial score (nSPS) is 10.6. The molecule has 5 nitrogen and oxygen atoms in total. The van der Waals surface area contributed by atoms with Crippen LogP contribution in [-0.4, -0.2) is 18.5 Å². The van der Waals surface area contributed by atoms with Gasteiger partial charge in [0.2, 0.25) is 0 Å². The van der Waals surface area contributed by atoms with Crippen LogP contribution in [0.15, 0.2) is 59.0 Å². The molecule has 3 rings (SSSR count). The molecule has 2 aromatic carbocycles. The van der Waals surface area contributed by atoms with E-state index in [4.69, 9.17) is 9.15 Å². The predicted molar refractivity (Wildman–Crippen MR) is 113 cm³/mol. The highest BCUT2D eigenvalue weighted by molar-refractivity contribution is 6.05. The molecule has 0 saturated carbocycles. The van der Waals surface area contributed by atoms with E-state index in [1.165, 1.54) is 0 Å². The van der Waals surface area contributed by atoms with Gasteiger partial charge in [-0.05, 0) is 50.6 Å². The molecule has 0 aliphatic rings. The zero-order valence-electron chi connectivity index (χ0n) is 17.0. The van der Waals surface area contributed by atoms with Crippen molar-refractivity contribution in [3.8, 4) is 11.3 Å². The van der Waals surface area contributed by atoms with Crippen molar-refractivity contribution in [1.29, 1.82) is 0 Å². The maximum Gasteiger partial charge on any atom is 0.338 e. The van der Waals surface area contributed by atoms with E-state index in [-0.39, 0.29) is 11.9 Å². The van der Waals surface area contributed by atoms with E-state index in [9.17, 15) is 9.59 Å². The zero-order valence-corrected chi connectivity index (χ0v) is 17.0. The molecule has 150 valence electrons. The molecule has 0 bridgehead atoms. The van der Waals surface area contributed by atoms with E-state index in [2.05, 4.69) is 5.32 Å². The van der Waals surface area contributed by atoms with Gasteiger partial charge in [0.1, 0.15) is 11.5 Å². The molecule has 0 saturated heterocycles. The first-order valence-electron chi connectivity index (χ1n) is 9.74. The van der Waals surface area contributed by atoms with E-state index in [1.54, 1.807) is 37.3 Å². The van der Waals surface area contributed by atoms with Crippen LogP contribution in [-0.2, 0) is 4.74 Å². The van der Waals surface area contributed by atoms with Crippen molar-refractivity contribution < 1.29 is 18.7 Å². The highest BCUT2D eigenvalue weighted by Gasteiger charge is 2.16. The summed E-state index contributed by atoms with van der Waals surface area (Å²) in [6, 6.07) is 16.3. The minimum atomic E-state index is -0.357. The van der Waals surface area contributed by atoms with Crippen LogP contribution in [0.5, 0.6) is 0 Å². The molecular formula is C24H25NO4. The summed E-state index contributed by atoms with van der Waals surface area (Å²) in [6.45, 7) is 6.24. The Balaban J connectivity index is 1.67. The summed E-state index contributed by atoms with van der Waals surface area (Å²) < 4.78 is 11.0. The lowest BCUT2D eigenvalue weighted by molar-refractivity contribution is 0.0499. The lowest BCUT2D eigenvalue weighted by Crippen LogP contribution is -2.12. The van der Waals surface area contributed by atoms with Gasteiger partial charge in [0.25, 0.3) is 5.91 Å². The van der Waals surface area contributed by atoms with E-state index in [0.29, 0.717) is 34.9 Å². The fraction of sp³-hybridized carbons (Fsp3) is 0.250. The molecule has 0 fully saturated rings. The third-order valence-corrected chi connectivity index (χ3v) is 4.61. The number of esters is 1. The van der Waals surface area contributed by atoms with Crippen LogP contribution < -0.4 is 5.32 Å². The fourth-order valence-corrected chi connectivity index (χ4v) is 2.85. The molecule has 1 N–H and O–H groups in total. The quantitative estimate of drug-likeness (QED) is 0.410. The van der Waals surface area contributed by atoms with Crippen LogP contribution >= 0.6 is 0 Å². The average Bonchev–Trinajstić information content (AvgIpc) is 3.11. The van der Waals surface area contributed by atoms with E-state index in [1.807, 2.05) is 38.1 Å². The molecule has 1 aromatic heterocycles. The zero-order chi connectivity index (χ0) is 20.8. The number of unbranched alkanes of at least 4 members (excludes halogenated alkanes) is 1. The van der Waals surface area contributed by atoms with Gasteiger partial charge in [0, 0.05) is 11.3 Å². The van der Waals surface area contributed by atoms with Crippen LogP contribution in [0.4, 0.5) is 5.69 Å². The molecule has 0 aliphatic carbocycles. The topological polar surface area (TPSA) is 68.5 Å². The molecular weight excluding hydrogens is 366 g/mol. The first kappa shape index (κ1) is 20.4. The Labute approximate surface area is 170 Å². The molecule has 1 amide bonds. The summed E-state index contributed by atoms with van der Waals surface area (Å²) >= 11 is 0. The van der Waals surface area contributed by atoms with Gasteiger partial charge in [0.05, 0.1) is 17.7 Å². The van der Waals surface area contributed by atoms with Crippen molar-refractivity contribution >= 4 is 17.6 Å². The van der Waals surface area contributed by atoms with Gasteiger partial charge in [-0.3, -0.25) is 4.79 Å². The lowest BCUT2D eigenvalue weighted by Gasteiger charge is -2.06. The number of anilines is 1. The minimum absolute atomic E-state index is 0.261. The number of aryl methyl sites for hydroxylation is 2. The Bertz CT molecular complexity index is 985. The second-order valence-electron chi connectivity index (χ2n) is 6.97. The second kappa shape index (κ2) is 9.24. The fourth-order valence-electron chi connectivity index (χ4n) is 2.85. The minimum Gasteiger partial charge on any atom is -0.462 e. The molecule has 3 aromatic rings. The van der Waals surface area contributed by atoms with Crippen molar-refractivity contribution in [3.05, 3.63) is 77.0 Å². The van der Waals surface area contributed by atoms with E-state index < -0.39 is 0 Å². The Morgan fingerprint density at radius 3 is 2.34 bits per heavy atom. The average molecular weight is 391 g/mol. The Morgan fingerprint density at radius 2 is 1.69 bits per heavy atom. The molecule has 0 radical (unpaired) electrons. The number of benzene rings is 2. The summed E-state index contributed by atoms with van der Waals surface area (Å²) in [5, 5.41) is 2.84.